The lowest BCUT2D eigenvalue weighted by Gasteiger charge is -2.08. The minimum absolute atomic E-state index is 0.0535. The molecule has 1 amide bonds. The number of carbonyl (C=O) groups excluding carboxylic acids is 1. The summed E-state index contributed by atoms with van der Waals surface area (Å²) in [5.41, 5.74) is -0.181. The monoisotopic (exact) mass is 464 g/mol. The van der Waals surface area contributed by atoms with Crippen molar-refractivity contribution in [1.29, 1.82) is 0 Å². The number of amides is 1. The Morgan fingerprint density at radius 1 is 1.29 bits per heavy atom. The van der Waals surface area contributed by atoms with Gasteiger partial charge in [-0.2, -0.15) is 0 Å². The lowest BCUT2D eigenvalue weighted by molar-refractivity contribution is -0.384. The van der Waals surface area contributed by atoms with E-state index >= 15 is 0 Å². The summed E-state index contributed by atoms with van der Waals surface area (Å²) >= 11 is 5.24. The molecule has 0 unspecified atom stereocenters. The summed E-state index contributed by atoms with van der Waals surface area (Å²) in [6.45, 7) is 0. The van der Waals surface area contributed by atoms with E-state index < -0.39 is 22.3 Å². The molecule has 0 aliphatic rings. The van der Waals surface area contributed by atoms with Crippen molar-refractivity contribution in [2.75, 3.05) is 5.32 Å². The Balaban J connectivity index is 2.36. The first kappa shape index (κ1) is 15.8. The number of halogens is 3. The summed E-state index contributed by atoms with van der Waals surface area (Å²) in [6.07, 6.45) is 0. The molecule has 0 saturated heterocycles. The second-order valence-electron chi connectivity index (χ2n) is 4.00. The van der Waals surface area contributed by atoms with Crippen LogP contribution < -0.4 is 5.32 Å². The van der Waals surface area contributed by atoms with Crippen molar-refractivity contribution in [3.05, 3.63) is 65.9 Å². The zero-order valence-electron chi connectivity index (χ0n) is 10.3. The smallest absolute Gasteiger partial charge is 0.295 e. The van der Waals surface area contributed by atoms with Crippen LogP contribution in [0, 0.1) is 19.5 Å². The topological polar surface area (TPSA) is 72.2 Å². The largest absolute Gasteiger partial charge is 0.316 e. The third-order valence-electron chi connectivity index (χ3n) is 2.58. The van der Waals surface area contributed by atoms with Crippen LogP contribution in [0.1, 0.15) is 10.4 Å². The molecule has 0 saturated carbocycles. The number of hydrogen-bond donors (Lipinski definition) is 1. The quantitative estimate of drug-likeness (QED) is 0.417. The molecule has 0 aliphatic carbocycles. The van der Waals surface area contributed by atoms with Gasteiger partial charge in [-0.1, -0.05) is 15.9 Å². The van der Waals surface area contributed by atoms with Gasteiger partial charge in [0.2, 0.25) is 0 Å². The Kier molecular flexibility index (Phi) is 4.88. The van der Waals surface area contributed by atoms with Gasteiger partial charge in [0.15, 0.2) is 0 Å². The highest BCUT2D eigenvalue weighted by Crippen LogP contribution is 2.26. The Morgan fingerprint density at radius 2 is 2.00 bits per heavy atom. The first-order valence-electron chi connectivity index (χ1n) is 5.59. The maximum Gasteiger partial charge on any atom is 0.295 e. The minimum atomic E-state index is -0.745. The van der Waals surface area contributed by atoms with Crippen LogP contribution in [0.4, 0.5) is 15.8 Å². The first-order chi connectivity index (χ1) is 9.88. The molecule has 0 radical (unpaired) electrons. The van der Waals surface area contributed by atoms with Crippen LogP contribution in [0.15, 0.2) is 40.9 Å². The normalized spacial score (nSPS) is 10.2. The summed E-state index contributed by atoms with van der Waals surface area (Å²) in [4.78, 5) is 22.3. The number of carbonyl (C=O) groups is 1. The molecule has 1 N–H and O–H groups in total. The van der Waals surface area contributed by atoms with E-state index in [1.54, 1.807) is 18.2 Å². The highest BCUT2D eigenvalue weighted by Gasteiger charge is 2.19. The molecule has 21 heavy (non-hydrogen) atoms. The van der Waals surface area contributed by atoms with Gasteiger partial charge in [0, 0.05) is 8.04 Å². The SMILES string of the molecule is O=C(Nc1ccc(F)cc1[N+](=O)[O-])c1cc(Br)ccc1I. The van der Waals surface area contributed by atoms with Gasteiger partial charge in [-0.15, -0.1) is 0 Å². The van der Waals surface area contributed by atoms with E-state index in [9.17, 15) is 19.3 Å². The summed E-state index contributed by atoms with van der Waals surface area (Å²) in [6, 6.07) is 8.09. The zero-order chi connectivity index (χ0) is 15.6. The predicted octanol–water partition coefficient (Wildman–Crippen LogP) is 4.35. The van der Waals surface area contributed by atoms with Gasteiger partial charge in [0.1, 0.15) is 11.5 Å². The highest BCUT2D eigenvalue weighted by atomic mass is 127. The van der Waals surface area contributed by atoms with E-state index in [-0.39, 0.29) is 5.69 Å². The predicted molar refractivity (Wildman–Crippen MR) is 87.9 cm³/mol. The van der Waals surface area contributed by atoms with E-state index in [2.05, 4.69) is 21.2 Å². The minimum Gasteiger partial charge on any atom is -0.316 e. The van der Waals surface area contributed by atoms with Crippen molar-refractivity contribution in [2.45, 2.75) is 0 Å². The average molecular weight is 465 g/mol. The lowest BCUT2D eigenvalue weighted by atomic mass is 10.2. The number of benzene rings is 2. The summed E-state index contributed by atoms with van der Waals surface area (Å²) in [5.74, 6) is -1.24. The van der Waals surface area contributed by atoms with Crippen molar-refractivity contribution in [1.82, 2.24) is 0 Å². The molecule has 0 bridgehead atoms. The Morgan fingerprint density at radius 3 is 2.67 bits per heavy atom. The van der Waals surface area contributed by atoms with Crippen molar-refractivity contribution >= 4 is 55.8 Å². The number of nitro groups is 1. The van der Waals surface area contributed by atoms with Crippen LogP contribution >= 0.6 is 38.5 Å². The van der Waals surface area contributed by atoms with E-state index in [0.717, 1.165) is 18.2 Å². The fourth-order valence-corrected chi connectivity index (χ4v) is 2.56. The molecular formula is C13H7BrFIN2O3. The fourth-order valence-electron chi connectivity index (χ4n) is 1.62. The molecule has 0 atom stereocenters. The average Bonchev–Trinajstić information content (AvgIpc) is 2.43. The van der Waals surface area contributed by atoms with Gasteiger partial charge in [-0.25, -0.2) is 4.39 Å². The third kappa shape index (κ3) is 3.76. The molecule has 2 rings (SSSR count). The number of nitro benzene ring substituents is 1. The number of nitrogens with zero attached hydrogens (tertiary/aromatic N) is 1. The Hall–Kier alpha value is -1.55. The summed E-state index contributed by atoms with van der Waals surface area (Å²) in [7, 11) is 0. The highest BCUT2D eigenvalue weighted by molar-refractivity contribution is 14.1. The molecule has 2 aromatic rings. The van der Waals surface area contributed by atoms with E-state index in [0.29, 0.717) is 13.6 Å². The van der Waals surface area contributed by atoms with Crippen LogP contribution in [-0.2, 0) is 0 Å². The maximum atomic E-state index is 13.1. The molecule has 0 spiro atoms. The van der Waals surface area contributed by atoms with Gasteiger partial charge in [0.05, 0.1) is 16.6 Å². The second kappa shape index (κ2) is 6.48. The molecule has 5 nitrogen and oxygen atoms in total. The first-order valence-corrected chi connectivity index (χ1v) is 7.46. The molecule has 108 valence electrons. The number of nitrogens with one attached hydrogen (secondary N) is 1. The van der Waals surface area contributed by atoms with Crippen LogP contribution in [0.2, 0.25) is 0 Å². The van der Waals surface area contributed by atoms with E-state index in [1.807, 2.05) is 22.6 Å². The summed E-state index contributed by atoms with van der Waals surface area (Å²) < 4.78 is 14.5. The standard InChI is InChI=1S/C13H7BrFIN2O3/c14-7-1-3-10(16)9(5-7)13(19)17-11-4-2-8(15)6-12(11)18(20)21/h1-6H,(H,17,19). The molecule has 0 fully saturated rings. The molecule has 2 aromatic carbocycles. The Bertz CT molecular complexity index is 739. The van der Waals surface area contributed by atoms with Crippen LogP contribution in [-0.4, -0.2) is 10.8 Å². The lowest BCUT2D eigenvalue weighted by Crippen LogP contribution is -2.14. The van der Waals surface area contributed by atoms with Crippen molar-refractivity contribution in [2.24, 2.45) is 0 Å². The van der Waals surface area contributed by atoms with Gasteiger partial charge in [-0.3, -0.25) is 14.9 Å². The maximum absolute atomic E-state index is 13.1. The van der Waals surface area contributed by atoms with Crippen molar-refractivity contribution < 1.29 is 14.1 Å². The van der Waals surface area contributed by atoms with E-state index in [1.165, 1.54) is 0 Å². The van der Waals surface area contributed by atoms with Crippen LogP contribution in [0.3, 0.4) is 0 Å². The number of rotatable bonds is 3. The fraction of sp³-hybridized carbons (Fsp3) is 0. The van der Waals surface area contributed by atoms with Gasteiger partial charge in [0.25, 0.3) is 11.6 Å². The molecule has 8 heteroatoms. The Labute approximate surface area is 141 Å². The van der Waals surface area contributed by atoms with Gasteiger partial charge < -0.3 is 5.32 Å². The number of anilines is 1. The van der Waals surface area contributed by atoms with Gasteiger partial charge >= 0.3 is 0 Å². The number of hydrogen-bond acceptors (Lipinski definition) is 3. The summed E-state index contributed by atoms with van der Waals surface area (Å²) in [5, 5.41) is 13.3. The van der Waals surface area contributed by atoms with Crippen LogP contribution in [0.25, 0.3) is 0 Å². The van der Waals surface area contributed by atoms with E-state index in [4.69, 9.17) is 0 Å². The molecule has 0 aliphatic heterocycles. The molecule has 0 heterocycles. The van der Waals surface area contributed by atoms with Crippen LogP contribution in [0.5, 0.6) is 0 Å². The zero-order valence-corrected chi connectivity index (χ0v) is 14.0. The van der Waals surface area contributed by atoms with Crippen molar-refractivity contribution in [3.8, 4) is 0 Å². The van der Waals surface area contributed by atoms with Crippen molar-refractivity contribution in [3.63, 3.8) is 0 Å². The molecule has 0 aromatic heterocycles. The molecular weight excluding hydrogens is 458 g/mol. The second-order valence-corrected chi connectivity index (χ2v) is 6.07. The van der Waals surface area contributed by atoms with Gasteiger partial charge in [-0.05, 0) is 52.9 Å². The third-order valence-corrected chi connectivity index (χ3v) is 4.01.